The first-order chi connectivity index (χ1) is 10.2. The van der Waals surface area contributed by atoms with Crippen molar-refractivity contribution in [2.24, 2.45) is 0 Å². The molecule has 1 unspecified atom stereocenters. The van der Waals surface area contributed by atoms with Gasteiger partial charge in [-0.05, 0) is 56.5 Å². The lowest BCUT2D eigenvalue weighted by molar-refractivity contribution is 0.00286. The summed E-state index contributed by atoms with van der Waals surface area (Å²) in [5, 5.41) is 11.7. The molecule has 1 saturated carbocycles. The predicted molar refractivity (Wildman–Crippen MR) is 87.9 cm³/mol. The molecule has 0 bridgehead atoms. The number of halogens is 1. The molecule has 3 heteroatoms. The number of hydrogen-bond donors (Lipinski definition) is 1. The number of aliphatic hydroxyl groups is 1. The minimum absolute atomic E-state index is 0.0309. The Morgan fingerprint density at radius 3 is 2.14 bits per heavy atom. The SMILES string of the molecule is OC(CN1CCCCCC1)C1(c2ccc(Cl)cc2)CCC1. The largest absolute Gasteiger partial charge is 0.391 e. The molecule has 1 aromatic rings. The van der Waals surface area contributed by atoms with Crippen LogP contribution in [0.25, 0.3) is 0 Å². The number of β-amino-alcohol motifs (C(OH)–C–C–N with tert-alkyl or cyclic N) is 1. The van der Waals surface area contributed by atoms with Crippen LogP contribution in [0.2, 0.25) is 5.02 Å². The lowest BCUT2D eigenvalue weighted by Crippen LogP contribution is -2.51. The predicted octanol–water partition coefficient (Wildman–Crippen LogP) is 4.00. The molecule has 0 amide bonds. The van der Waals surface area contributed by atoms with Crippen molar-refractivity contribution in [1.82, 2.24) is 4.90 Å². The van der Waals surface area contributed by atoms with Crippen molar-refractivity contribution in [3.63, 3.8) is 0 Å². The van der Waals surface area contributed by atoms with Crippen LogP contribution in [0.4, 0.5) is 0 Å². The van der Waals surface area contributed by atoms with Crippen molar-refractivity contribution < 1.29 is 5.11 Å². The molecular formula is C18H26ClNO. The molecule has 3 rings (SSSR count). The van der Waals surface area contributed by atoms with E-state index >= 15 is 0 Å². The van der Waals surface area contributed by atoms with Gasteiger partial charge in [0, 0.05) is 17.0 Å². The van der Waals surface area contributed by atoms with E-state index in [9.17, 15) is 5.11 Å². The average molecular weight is 308 g/mol. The number of hydrogen-bond acceptors (Lipinski definition) is 2. The highest BCUT2D eigenvalue weighted by Gasteiger charge is 2.45. The maximum Gasteiger partial charge on any atom is 0.0763 e. The van der Waals surface area contributed by atoms with Gasteiger partial charge >= 0.3 is 0 Å². The van der Waals surface area contributed by atoms with Gasteiger partial charge in [-0.2, -0.15) is 0 Å². The van der Waals surface area contributed by atoms with Gasteiger partial charge in [0.25, 0.3) is 0 Å². The third kappa shape index (κ3) is 3.28. The van der Waals surface area contributed by atoms with Crippen LogP contribution in [-0.4, -0.2) is 35.7 Å². The second kappa shape index (κ2) is 6.68. The topological polar surface area (TPSA) is 23.5 Å². The van der Waals surface area contributed by atoms with E-state index in [4.69, 9.17) is 11.6 Å². The highest BCUT2D eigenvalue weighted by atomic mass is 35.5. The van der Waals surface area contributed by atoms with Crippen LogP contribution in [-0.2, 0) is 5.41 Å². The minimum atomic E-state index is -0.259. The number of rotatable bonds is 4. The molecule has 1 saturated heterocycles. The molecule has 21 heavy (non-hydrogen) atoms. The van der Waals surface area contributed by atoms with Gasteiger partial charge in [0.2, 0.25) is 0 Å². The van der Waals surface area contributed by atoms with Gasteiger partial charge in [0.1, 0.15) is 0 Å². The number of aliphatic hydroxyl groups excluding tert-OH is 1. The van der Waals surface area contributed by atoms with Crippen LogP contribution < -0.4 is 0 Å². The molecule has 0 aromatic heterocycles. The van der Waals surface area contributed by atoms with Gasteiger partial charge in [0.15, 0.2) is 0 Å². The summed E-state index contributed by atoms with van der Waals surface area (Å²) >= 11 is 6.01. The van der Waals surface area contributed by atoms with E-state index < -0.39 is 0 Å². The van der Waals surface area contributed by atoms with Crippen LogP contribution in [0.5, 0.6) is 0 Å². The molecule has 2 nitrogen and oxygen atoms in total. The minimum Gasteiger partial charge on any atom is -0.391 e. The van der Waals surface area contributed by atoms with Crippen LogP contribution >= 0.6 is 11.6 Å². The Morgan fingerprint density at radius 1 is 1.00 bits per heavy atom. The lowest BCUT2D eigenvalue weighted by atomic mass is 9.61. The van der Waals surface area contributed by atoms with Crippen molar-refractivity contribution in [1.29, 1.82) is 0 Å². The number of nitrogens with zero attached hydrogens (tertiary/aromatic N) is 1. The highest BCUT2D eigenvalue weighted by Crippen LogP contribution is 2.47. The van der Waals surface area contributed by atoms with E-state index in [1.54, 1.807) is 0 Å². The third-order valence-electron chi connectivity index (χ3n) is 5.43. The van der Waals surface area contributed by atoms with Gasteiger partial charge < -0.3 is 10.0 Å². The van der Waals surface area contributed by atoms with Gasteiger partial charge in [-0.3, -0.25) is 0 Å². The van der Waals surface area contributed by atoms with E-state index in [0.29, 0.717) is 0 Å². The van der Waals surface area contributed by atoms with E-state index in [-0.39, 0.29) is 11.5 Å². The monoisotopic (exact) mass is 307 g/mol. The Labute approximate surface area is 133 Å². The fraction of sp³-hybridized carbons (Fsp3) is 0.667. The molecule has 2 aliphatic rings. The summed E-state index contributed by atoms with van der Waals surface area (Å²) in [6.45, 7) is 3.12. The molecule has 0 radical (unpaired) electrons. The zero-order valence-electron chi connectivity index (χ0n) is 12.7. The first-order valence-electron chi connectivity index (χ1n) is 8.37. The fourth-order valence-electron chi connectivity index (χ4n) is 3.89. The maximum absolute atomic E-state index is 10.9. The van der Waals surface area contributed by atoms with Gasteiger partial charge in [0.05, 0.1) is 6.10 Å². The Morgan fingerprint density at radius 2 is 1.62 bits per heavy atom. The maximum atomic E-state index is 10.9. The molecule has 2 fully saturated rings. The Kier molecular flexibility index (Phi) is 4.88. The third-order valence-corrected chi connectivity index (χ3v) is 5.68. The van der Waals surface area contributed by atoms with Gasteiger partial charge in [-0.1, -0.05) is 43.0 Å². The Hall–Kier alpha value is -0.570. The fourth-order valence-corrected chi connectivity index (χ4v) is 4.02. The smallest absolute Gasteiger partial charge is 0.0763 e. The molecule has 0 spiro atoms. The van der Waals surface area contributed by atoms with Gasteiger partial charge in [-0.25, -0.2) is 0 Å². The van der Waals surface area contributed by atoms with Crippen LogP contribution in [0.15, 0.2) is 24.3 Å². The highest BCUT2D eigenvalue weighted by molar-refractivity contribution is 6.30. The molecule has 1 aromatic carbocycles. The summed E-state index contributed by atoms with van der Waals surface area (Å²) in [5.41, 5.74) is 1.23. The summed E-state index contributed by atoms with van der Waals surface area (Å²) in [7, 11) is 0. The van der Waals surface area contributed by atoms with Crippen LogP contribution in [0, 0.1) is 0 Å². The van der Waals surface area contributed by atoms with Crippen LogP contribution in [0.1, 0.15) is 50.5 Å². The van der Waals surface area contributed by atoms with Crippen molar-refractivity contribution in [3.8, 4) is 0 Å². The summed E-state index contributed by atoms with van der Waals surface area (Å²) in [6.07, 6.45) is 8.41. The Bertz CT molecular complexity index is 447. The zero-order chi connectivity index (χ0) is 14.7. The van der Waals surface area contributed by atoms with Crippen molar-refractivity contribution in [2.75, 3.05) is 19.6 Å². The van der Waals surface area contributed by atoms with Crippen molar-refractivity contribution in [3.05, 3.63) is 34.9 Å². The summed E-state index contributed by atoms with van der Waals surface area (Å²) in [6, 6.07) is 8.12. The first-order valence-corrected chi connectivity index (χ1v) is 8.75. The lowest BCUT2D eigenvalue weighted by Gasteiger charge is -2.47. The quantitative estimate of drug-likeness (QED) is 0.909. The normalized spacial score (nSPS) is 24.1. The molecule has 1 N–H and O–H groups in total. The van der Waals surface area contributed by atoms with Crippen molar-refractivity contribution >= 4 is 11.6 Å². The molecular weight excluding hydrogens is 282 g/mol. The second-order valence-electron chi connectivity index (χ2n) is 6.75. The van der Waals surface area contributed by atoms with E-state index in [1.807, 2.05) is 12.1 Å². The van der Waals surface area contributed by atoms with E-state index in [2.05, 4.69) is 17.0 Å². The van der Waals surface area contributed by atoms with Gasteiger partial charge in [-0.15, -0.1) is 0 Å². The van der Waals surface area contributed by atoms with E-state index in [1.165, 1.54) is 37.7 Å². The van der Waals surface area contributed by atoms with Crippen LogP contribution in [0.3, 0.4) is 0 Å². The van der Waals surface area contributed by atoms with E-state index in [0.717, 1.165) is 37.5 Å². The summed E-state index contributed by atoms with van der Waals surface area (Å²) in [4.78, 5) is 2.47. The molecule has 1 atom stereocenters. The second-order valence-corrected chi connectivity index (χ2v) is 7.18. The van der Waals surface area contributed by atoms with Crippen molar-refractivity contribution in [2.45, 2.75) is 56.5 Å². The number of likely N-dealkylation sites (tertiary alicyclic amines) is 1. The summed E-state index contributed by atoms with van der Waals surface area (Å²) in [5.74, 6) is 0. The molecule has 1 aliphatic heterocycles. The zero-order valence-corrected chi connectivity index (χ0v) is 13.5. The Balaban J connectivity index is 1.71. The number of benzene rings is 1. The molecule has 1 aliphatic carbocycles. The average Bonchev–Trinajstić information content (AvgIpc) is 2.68. The first kappa shape index (κ1) is 15.3. The summed E-state index contributed by atoms with van der Waals surface area (Å²) < 4.78 is 0. The molecule has 116 valence electrons. The standard InChI is InChI=1S/C18H26ClNO/c19-16-8-6-15(7-9-16)18(10-5-11-18)17(21)14-20-12-3-1-2-4-13-20/h6-9,17,21H,1-5,10-14H2. The molecule has 1 heterocycles.